The Labute approximate surface area is 134 Å². The molecule has 0 atom stereocenters. The summed E-state index contributed by atoms with van der Waals surface area (Å²) in [5, 5.41) is 0. The van der Waals surface area contributed by atoms with Crippen molar-refractivity contribution in [2.45, 2.75) is 46.0 Å². The van der Waals surface area contributed by atoms with E-state index in [2.05, 4.69) is 38.1 Å². The van der Waals surface area contributed by atoms with Crippen LogP contribution < -0.4 is 4.74 Å². The Balaban J connectivity index is 1.73. The molecule has 2 rings (SSSR count). The van der Waals surface area contributed by atoms with Crippen LogP contribution in [0.2, 0.25) is 0 Å². The topological polar surface area (TPSA) is 35.5 Å². The lowest BCUT2D eigenvalue weighted by atomic mass is 9.82. The van der Waals surface area contributed by atoms with Crippen molar-refractivity contribution in [3.63, 3.8) is 0 Å². The Morgan fingerprint density at radius 3 is 2.32 bits per heavy atom. The molecule has 0 aliphatic heterocycles. The Hall–Kier alpha value is -1.51. The highest BCUT2D eigenvalue weighted by Crippen LogP contribution is 2.30. The Kier molecular flexibility index (Phi) is 6.29. The van der Waals surface area contributed by atoms with E-state index < -0.39 is 0 Å². The molecular formula is C19H28O3. The van der Waals surface area contributed by atoms with Gasteiger partial charge >= 0.3 is 5.97 Å². The van der Waals surface area contributed by atoms with Gasteiger partial charge in [0.25, 0.3) is 0 Å². The maximum Gasteiger partial charge on any atom is 0.308 e. The van der Waals surface area contributed by atoms with Gasteiger partial charge in [-0.25, -0.2) is 0 Å². The van der Waals surface area contributed by atoms with E-state index in [0.29, 0.717) is 11.8 Å². The first-order chi connectivity index (χ1) is 10.6. The fourth-order valence-corrected chi connectivity index (χ4v) is 3.14. The van der Waals surface area contributed by atoms with E-state index in [1.165, 1.54) is 12.7 Å². The van der Waals surface area contributed by atoms with Gasteiger partial charge in [-0.05, 0) is 61.6 Å². The lowest BCUT2D eigenvalue weighted by molar-refractivity contribution is -0.146. The summed E-state index contributed by atoms with van der Waals surface area (Å²) in [5.41, 5.74) is 1.36. The molecule has 0 heterocycles. The van der Waals surface area contributed by atoms with Crippen LogP contribution in [0.5, 0.6) is 5.75 Å². The largest absolute Gasteiger partial charge is 0.493 e. The van der Waals surface area contributed by atoms with Crippen molar-refractivity contribution in [2.24, 2.45) is 17.8 Å². The number of hydrogen-bond acceptors (Lipinski definition) is 3. The quantitative estimate of drug-likeness (QED) is 0.737. The molecule has 0 spiro atoms. The summed E-state index contributed by atoms with van der Waals surface area (Å²) < 4.78 is 10.7. The number of rotatable bonds is 6. The van der Waals surface area contributed by atoms with Gasteiger partial charge in [-0.1, -0.05) is 26.0 Å². The molecule has 0 aromatic heterocycles. The predicted octanol–water partition coefficient (Wildman–Crippen LogP) is 4.24. The van der Waals surface area contributed by atoms with E-state index in [-0.39, 0.29) is 11.9 Å². The minimum atomic E-state index is -0.0555. The number of benzene rings is 1. The zero-order valence-corrected chi connectivity index (χ0v) is 14.0. The normalized spacial score (nSPS) is 21.6. The Morgan fingerprint density at radius 2 is 1.77 bits per heavy atom. The van der Waals surface area contributed by atoms with Crippen molar-refractivity contribution >= 4 is 5.97 Å². The van der Waals surface area contributed by atoms with Gasteiger partial charge in [-0.3, -0.25) is 4.79 Å². The molecule has 0 saturated heterocycles. The van der Waals surface area contributed by atoms with Crippen molar-refractivity contribution in [3.8, 4) is 5.75 Å². The van der Waals surface area contributed by atoms with E-state index in [0.717, 1.165) is 44.5 Å². The molecule has 0 radical (unpaired) electrons. The van der Waals surface area contributed by atoms with E-state index >= 15 is 0 Å². The number of carbonyl (C=O) groups is 1. The predicted molar refractivity (Wildman–Crippen MR) is 87.9 cm³/mol. The Morgan fingerprint density at radius 1 is 1.14 bits per heavy atom. The first-order valence-electron chi connectivity index (χ1n) is 8.38. The molecule has 1 fully saturated rings. The molecule has 1 saturated carbocycles. The van der Waals surface area contributed by atoms with Gasteiger partial charge in [-0.15, -0.1) is 0 Å². The summed E-state index contributed by atoms with van der Waals surface area (Å²) >= 11 is 0. The van der Waals surface area contributed by atoms with Crippen LogP contribution in [0.3, 0.4) is 0 Å². The fraction of sp³-hybridized carbons (Fsp3) is 0.632. The number of carbonyl (C=O) groups excluding carboxylic acids is 1. The van der Waals surface area contributed by atoms with Gasteiger partial charge in [0.05, 0.1) is 19.6 Å². The van der Waals surface area contributed by atoms with Crippen LogP contribution in [0.4, 0.5) is 0 Å². The van der Waals surface area contributed by atoms with Gasteiger partial charge < -0.3 is 9.47 Å². The smallest absolute Gasteiger partial charge is 0.308 e. The van der Waals surface area contributed by atoms with Crippen LogP contribution >= 0.6 is 0 Å². The van der Waals surface area contributed by atoms with Gasteiger partial charge in [-0.2, -0.15) is 0 Å². The van der Waals surface area contributed by atoms with Crippen LogP contribution in [0.25, 0.3) is 0 Å². The summed E-state index contributed by atoms with van der Waals surface area (Å²) in [4.78, 5) is 11.5. The number of ether oxygens (including phenoxy) is 2. The maximum atomic E-state index is 11.5. The lowest BCUT2D eigenvalue weighted by Gasteiger charge is -2.26. The highest BCUT2D eigenvalue weighted by Gasteiger charge is 2.27. The molecule has 22 heavy (non-hydrogen) atoms. The monoisotopic (exact) mass is 304 g/mol. The molecular weight excluding hydrogens is 276 g/mol. The average Bonchev–Trinajstić information content (AvgIpc) is 2.53. The minimum Gasteiger partial charge on any atom is -0.493 e. The molecule has 1 aromatic carbocycles. The zero-order valence-electron chi connectivity index (χ0n) is 14.0. The maximum absolute atomic E-state index is 11.5. The molecule has 0 bridgehead atoms. The van der Waals surface area contributed by atoms with Crippen LogP contribution in [-0.4, -0.2) is 19.7 Å². The second kappa shape index (κ2) is 8.21. The van der Waals surface area contributed by atoms with Gasteiger partial charge in [0.2, 0.25) is 0 Å². The molecule has 122 valence electrons. The lowest BCUT2D eigenvalue weighted by Crippen LogP contribution is -2.25. The summed E-state index contributed by atoms with van der Waals surface area (Å²) in [7, 11) is 1.47. The Bertz CT molecular complexity index is 456. The van der Waals surface area contributed by atoms with Crippen molar-refractivity contribution in [1.82, 2.24) is 0 Å². The van der Waals surface area contributed by atoms with Crippen LogP contribution in [-0.2, 0) is 16.0 Å². The average molecular weight is 304 g/mol. The molecule has 0 unspecified atom stereocenters. The van der Waals surface area contributed by atoms with E-state index in [1.54, 1.807) is 0 Å². The van der Waals surface area contributed by atoms with Crippen LogP contribution in [0.15, 0.2) is 24.3 Å². The van der Waals surface area contributed by atoms with Crippen molar-refractivity contribution in [2.75, 3.05) is 13.7 Å². The molecule has 3 nitrogen and oxygen atoms in total. The van der Waals surface area contributed by atoms with E-state index in [4.69, 9.17) is 9.47 Å². The zero-order chi connectivity index (χ0) is 15.9. The molecule has 1 aromatic rings. The van der Waals surface area contributed by atoms with Crippen LogP contribution in [0, 0.1) is 17.8 Å². The minimum absolute atomic E-state index is 0.0555. The highest BCUT2D eigenvalue weighted by atomic mass is 16.5. The SMILES string of the molecule is COC(=O)[C@H]1CC[C@@H](COc2ccc(CC(C)C)cc2)CC1. The third kappa shape index (κ3) is 5.04. The summed E-state index contributed by atoms with van der Waals surface area (Å²) in [6.45, 7) is 5.21. The summed E-state index contributed by atoms with van der Waals surface area (Å²) in [5.74, 6) is 2.22. The van der Waals surface area contributed by atoms with E-state index in [9.17, 15) is 4.79 Å². The molecule has 1 aliphatic rings. The molecule has 0 amide bonds. The number of hydrogen-bond donors (Lipinski definition) is 0. The third-order valence-electron chi connectivity index (χ3n) is 4.43. The second-order valence-corrected chi connectivity index (χ2v) is 6.79. The molecule has 0 N–H and O–H groups in total. The van der Waals surface area contributed by atoms with E-state index in [1.807, 2.05) is 0 Å². The van der Waals surface area contributed by atoms with Crippen molar-refractivity contribution in [1.29, 1.82) is 0 Å². The fourth-order valence-electron chi connectivity index (χ4n) is 3.14. The highest BCUT2D eigenvalue weighted by molar-refractivity contribution is 5.72. The second-order valence-electron chi connectivity index (χ2n) is 6.79. The number of esters is 1. The van der Waals surface area contributed by atoms with Crippen LogP contribution in [0.1, 0.15) is 45.1 Å². The molecule has 3 heteroatoms. The van der Waals surface area contributed by atoms with Crippen molar-refractivity contribution in [3.05, 3.63) is 29.8 Å². The van der Waals surface area contributed by atoms with Gasteiger partial charge in [0, 0.05) is 0 Å². The standard InChI is InChI=1S/C19H28O3/c1-14(2)12-15-6-10-18(11-7-15)22-13-16-4-8-17(9-5-16)19(20)21-3/h6-7,10-11,14,16-17H,4-5,8-9,12-13H2,1-3H3/t16-,17+. The summed E-state index contributed by atoms with van der Waals surface area (Å²) in [6, 6.07) is 8.45. The molecule has 1 aliphatic carbocycles. The summed E-state index contributed by atoms with van der Waals surface area (Å²) in [6.07, 6.45) is 5.05. The first kappa shape index (κ1) is 16.9. The van der Waals surface area contributed by atoms with Gasteiger partial charge in [0.15, 0.2) is 0 Å². The number of methoxy groups -OCH3 is 1. The first-order valence-corrected chi connectivity index (χ1v) is 8.38. The van der Waals surface area contributed by atoms with Gasteiger partial charge in [0.1, 0.15) is 5.75 Å². The van der Waals surface area contributed by atoms with Crippen molar-refractivity contribution < 1.29 is 14.3 Å². The third-order valence-corrected chi connectivity index (χ3v) is 4.43.